The van der Waals surface area contributed by atoms with Gasteiger partial charge in [-0.1, -0.05) is 12.2 Å². The molecule has 5 heteroatoms. The second-order valence-corrected chi connectivity index (χ2v) is 6.32. The molecule has 21 heavy (non-hydrogen) atoms. The van der Waals surface area contributed by atoms with Crippen molar-refractivity contribution in [1.29, 1.82) is 0 Å². The smallest absolute Gasteiger partial charge is 0.147 e. The Labute approximate surface area is 128 Å². The molecule has 1 aromatic carbocycles. The average Bonchev–Trinajstić information content (AvgIpc) is 3.33. The molecule has 1 N–H and O–H groups in total. The van der Waals surface area contributed by atoms with E-state index in [0.717, 1.165) is 41.6 Å². The third-order valence-corrected chi connectivity index (χ3v) is 4.75. The summed E-state index contributed by atoms with van der Waals surface area (Å²) >= 11 is 5.38. The van der Waals surface area contributed by atoms with Gasteiger partial charge < -0.3 is 14.8 Å². The lowest BCUT2D eigenvalue weighted by Crippen LogP contribution is -2.43. The van der Waals surface area contributed by atoms with Crippen molar-refractivity contribution in [1.82, 2.24) is 9.88 Å². The van der Waals surface area contributed by atoms with Gasteiger partial charge in [0.15, 0.2) is 0 Å². The molecule has 1 aromatic heterocycles. The van der Waals surface area contributed by atoms with Crippen molar-refractivity contribution in [2.45, 2.75) is 18.9 Å². The first kappa shape index (κ1) is 13.2. The van der Waals surface area contributed by atoms with Crippen LogP contribution in [0.2, 0.25) is 0 Å². The number of fused-ring (bicyclic) bond motifs is 1. The normalized spacial score (nSPS) is 19.2. The number of anilines is 1. The number of piperazine rings is 1. The van der Waals surface area contributed by atoms with Gasteiger partial charge in [-0.2, -0.15) is 0 Å². The lowest BCUT2D eigenvalue weighted by molar-refractivity contribution is 0.567. The molecule has 0 unspecified atom stereocenters. The van der Waals surface area contributed by atoms with Gasteiger partial charge in [0.2, 0.25) is 0 Å². The second-order valence-electron chi connectivity index (χ2n) is 5.88. The number of halogens is 1. The van der Waals surface area contributed by atoms with Gasteiger partial charge in [0, 0.05) is 48.3 Å². The Morgan fingerprint density at radius 3 is 2.67 bits per heavy atom. The minimum Gasteiger partial charge on any atom is -0.367 e. The predicted molar refractivity (Wildman–Crippen MR) is 86.1 cm³/mol. The molecule has 2 heterocycles. The molecule has 1 saturated carbocycles. The largest absolute Gasteiger partial charge is 0.367 e. The van der Waals surface area contributed by atoms with E-state index in [9.17, 15) is 4.39 Å². The van der Waals surface area contributed by atoms with Crippen molar-refractivity contribution >= 4 is 28.8 Å². The van der Waals surface area contributed by atoms with Crippen LogP contribution in [0.4, 0.5) is 10.1 Å². The van der Waals surface area contributed by atoms with Crippen LogP contribution in [0.1, 0.15) is 18.9 Å². The Morgan fingerprint density at radius 2 is 1.95 bits per heavy atom. The molecule has 2 aromatic rings. The van der Waals surface area contributed by atoms with Crippen LogP contribution < -0.4 is 10.2 Å². The number of rotatable bonds is 2. The fourth-order valence-electron chi connectivity index (χ4n) is 3.10. The summed E-state index contributed by atoms with van der Waals surface area (Å²) in [5, 5.41) is 4.16. The van der Waals surface area contributed by atoms with E-state index < -0.39 is 0 Å². The Bertz CT molecular complexity index is 745. The molecule has 0 radical (unpaired) electrons. The Morgan fingerprint density at radius 1 is 1.19 bits per heavy atom. The quantitative estimate of drug-likeness (QED) is 0.860. The molecule has 1 aliphatic heterocycles. The van der Waals surface area contributed by atoms with E-state index in [1.807, 2.05) is 12.1 Å². The monoisotopic (exact) mass is 303 g/mol. The minimum atomic E-state index is -0.163. The fraction of sp³-hybridized carbons (Fsp3) is 0.438. The summed E-state index contributed by atoms with van der Waals surface area (Å²) in [4.78, 5) is 2.12. The Kier molecular flexibility index (Phi) is 3.19. The molecule has 1 aliphatic carbocycles. The van der Waals surface area contributed by atoms with Crippen molar-refractivity contribution in [2.24, 2.45) is 0 Å². The lowest BCUT2D eigenvalue weighted by Gasteiger charge is -2.30. The highest BCUT2D eigenvalue weighted by molar-refractivity contribution is 7.71. The molecule has 0 amide bonds. The minimum absolute atomic E-state index is 0.163. The molecule has 0 bridgehead atoms. The molecule has 4 rings (SSSR count). The van der Waals surface area contributed by atoms with E-state index in [2.05, 4.69) is 21.0 Å². The van der Waals surface area contributed by atoms with Gasteiger partial charge in [-0.3, -0.25) is 0 Å². The van der Waals surface area contributed by atoms with Crippen LogP contribution in [0.5, 0.6) is 0 Å². The van der Waals surface area contributed by atoms with Gasteiger partial charge in [0.05, 0.1) is 11.2 Å². The van der Waals surface area contributed by atoms with Crippen molar-refractivity contribution in [2.75, 3.05) is 31.1 Å². The number of nitrogens with one attached hydrogen (secondary N) is 1. The van der Waals surface area contributed by atoms with Gasteiger partial charge in [0.1, 0.15) is 5.82 Å². The predicted octanol–water partition coefficient (Wildman–Crippen LogP) is 3.25. The summed E-state index contributed by atoms with van der Waals surface area (Å²) in [6, 6.07) is 6.09. The van der Waals surface area contributed by atoms with E-state index >= 15 is 0 Å². The average molecular weight is 303 g/mol. The zero-order chi connectivity index (χ0) is 14.4. The van der Waals surface area contributed by atoms with Crippen LogP contribution in [0.15, 0.2) is 24.4 Å². The third-order valence-electron chi connectivity index (χ3n) is 4.39. The number of nitrogens with zero attached hydrogens (tertiary/aromatic N) is 2. The topological polar surface area (TPSA) is 20.2 Å². The van der Waals surface area contributed by atoms with Crippen molar-refractivity contribution in [3.05, 3.63) is 34.7 Å². The summed E-state index contributed by atoms with van der Waals surface area (Å²) in [5.41, 5.74) is 1.78. The first-order valence-electron chi connectivity index (χ1n) is 7.54. The number of aromatic nitrogens is 1. The summed E-state index contributed by atoms with van der Waals surface area (Å²) < 4.78 is 17.5. The SMILES string of the molecule is Fc1cc2c(=S)ccn(C3CC3)c2cc1N1CCNCC1. The maximum atomic E-state index is 14.5. The van der Waals surface area contributed by atoms with E-state index in [0.29, 0.717) is 11.7 Å². The van der Waals surface area contributed by atoms with E-state index in [1.54, 1.807) is 6.07 Å². The standard InChI is InChI=1S/C16H18FN3S/c17-13-9-12-14(10-15(13)19-7-4-18-5-8-19)20(11-1-2-11)6-3-16(12)21/h3,6,9-11,18H,1-2,4-5,7-8H2. The number of pyridine rings is 1. The molecule has 2 fully saturated rings. The molecule has 0 atom stereocenters. The number of benzene rings is 1. The molecular weight excluding hydrogens is 285 g/mol. The van der Waals surface area contributed by atoms with Crippen molar-refractivity contribution in [3.63, 3.8) is 0 Å². The second kappa shape index (κ2) is 5.07. The highest BCUT2D eigenvalue weighted by atomic mass is 32.1. The zero-order valence-electron chi connectivity index (χ0n) is 11.8. The highest BCUT2D eigenvalue weighted by Crippen LogP contribution is 2.38. The van der Waals surface area contributed by atoms with Gasteiger partial charge in [0.25, 0.3) is 0 Å². The first-order chi connectivity index (χ1) is 10.2. The van der Waals surface area contributed by atoms with Gasteiger partial charge in [-0.05, 0) is 31.0 Å². The van der Waals surface area contributed by atoms with Crippen LogP contribution in [-0.4, -0.2) is 30.7 Å². The summed E-state index contributed by atoms with van der Waals surface area (Å²) in [6.07, 6.45) is 4.47. The van der Waals surface area contributed by atoms with Crippen LogP contribution in [0.25, 0.3) is 10.9 Å². The molecule has 1 saturated heterocycles. The van der Waals surface area contributed by atoms with Crippen LogP contribution in [-0.2, 0) is 0 Å². The highest BCUT2D eigenvalue weighted by Gasteiger charge is 2.25. The number of hydrogen-bond acceptors (Lipinski definition) is 3. The van der Waals surface area contributed by atoms with Gasteiger partial charge >= 0.3 is 0 Å². The van der Waals surface area contributed by atoms with Gasteiger partial charge in [-0.15, -0.1) is 0 Å². The molecular formula is C16H18FN3S. The zero-order valence-corrected chi connectivity index (χ0v) is 12.6. The summed E-state index contributed by atoms with van der Waals surface area (Å²) in [6.45, 7) is 3.50. The first-order valence-corrected chi connectivity index (χ1v) is 7.95. The maximum Gasteiger partial charge on any atom is 0.147 e. The third kappa shape index (κ3) is 2.34. The van der Waals surface area contributed by atoms with Crippen LogP contribution >= 0.6 is 12.2 Å². The van der Waals surface area contributed by atoms with E-state index in [1.165, 1.54) is 12.8 Å². The van der Waals surface area contributed by atoms with Crippen LogP contribution in [0.3, 0.4) is 0 Å². The summed E-state index contributed by atoms with van der Waals surface area (Å²) in [5.74, 6) is -0.163. The molecule has 0 spiro atoms. The molecule has 3 nitrogen and oxygen atoms in total. The van der Waals surface area contributed by atoms with Crippen molar-refractivity contribution < 1.29 is 4.39 Å². The molecule has 110 valence electrons. The Balaban J connectivity index is 1.90. The van der Waals surface area contributed by atoms with E-state index in [4.69, 9.17) is 12.2 Å². The Hall–Kier alpha value is -1.46. The van der Waals surface area contributed by atoms with E-state index in [-0.39, 0.29) is 5.82 Å². The van der Waals surface area contributed by atoms with Crippen molar-refractivity contribution in [3.8, 4) is 0 Å². The van der Waals surface area contributed by atoms with Gasteiger partial charge in [-0.25, -0.2) is 4.39 Å². The number of hydrogen-bond donors (Lipinski definition) is 1. The molecule has 2 aliphatic rings. The fourth-order valence-corrected chi connectivity index (χ4v) is 3.32. The lowest BCUT2D eigenvalue weighted by atomic mass is 10.1. The maximum absolute atomic E-state index is 14.5. The summed E-state index contributed by atoms with van der Waals surface area (Å²) in [7, 11) is 0. The van der Waals surface area contributed by atoms with Crippen LogP contribution in [0, 0.1) is 10.3 Å².